The first-order valence-electron chi connectivity index (χ1n) is 6.11. The second-order valence-corrected chi connectivity index (χ2v) is 7.58. The van der Waals surface area contributed by atoms with Gasteiger partial charge in [0.1, 0.15) is 0 Å². The van der Waals surface area contributed by atoms with Crippen LogP contribution in [0.4, 0.5) is 0 Å². The maximum Gasteiger partial charge on any atom is 0.267 e. The number of aryl methyl sites for hydroxylation is 2. The van der Waals surface area contributed by atoms with Crippen molar-refractivity contribution in [3.8, 4) is 0 Å². The van der Waals surface area contributed by atoms with Gasteiger partial charge in [0.2, 0.25) is 0 Å². The monoisotopic (exact) mass is 270 g/mol. The van der Waals surface area contributed by atoms with Gasteiger partial charge in [0.05, 0.1) is 12.4 Å². The second kappa shape index (κ2) is 5.85. The Kier molecular flexibility index (Phi) is 4.93. The molecule has 1 aromatic carbocycles. The maximum atomic E-state index is 11.7. The fourth-order valence-electron chi connectivity index (χ4n) is 1.32. The summed E-state index contributed by atoms with van der Waals surface area (Å²) in [6, 6.07) is 7.87. The van der Waals surface area contributed by atoms with E-state index in [1.165, 1.54) is 5.56 Å². The van der Waals surface area contributed by atoms with Crippen molar-refractivity contribution in [1.29, 1.82) is 0 Å². The zero-order chi connectivity index (χ0) is 13.8. The molecule has 0 atom stereocenters. The molecule has 0 aliphatic rings. The SMILES string of the molecule is Cc1ccc(CCS(=O)(=O)OCC(C)(C)C)cc1. The van der Waals surface area contributed by atoms with Crippen molar-refractivity contribution in [1.82, 2.24) is 0 Å². The van der Waals surface area contributed by atoms with Crippen LogP contribution in [-0.2, 0) is 20.7 Å². The topological polar surface area (TPSA) is 43.4 Å². The van der Waals surface area contributed by atoms with E-state index in [1.54, 1.807) is 0 Å². The van der Waals surface area contributed by atoms with E-state index in [4.69, 9.17) is 4.18 Å². The van der Waals surface area contributed by atoms with E-state index in [9.17, 15) is 8.42 Å². The molecule has 0 unspecified atom stereocenters. The van der Waals surface area contributed by atoms with Crippen LogP contribution in [0.5, 0.6) is 0 Å². The summed E-state index contributed by atoms with van der Waals surface area (Å²) in [5.41, 5.74) is 2.05. The molecule has 0 N–H and O–H groups in total. The van der Waals surface area contributed by atoms with E-state index in [1.807, 2.05) is 52.0 Å². The van der Waals surface area contributed by atoms with Crippen LogP contribution in [0.3, 0.4) is 0 Å². The molecule has 0 aromatic heterocycles. The number of benzene rings is 1. The largest absolute Gasteiger partial charge is 0.270 e. The molecule has 0 aliphatic heterocycles. The second-order valence-electron chi connectivity index (χ2n) is 5.82. The molecule has 1 aromatic rings. The molecule has 0 bridgehead atoms. The van der Waals surface area contributed by atoms with Gasteiger partial charge in [0.15, 0.2) is 0 Å². The van der Waals surface area contributed by atoms with E-state index in [0.29, 0.717) is 6.42 Å². The van der Waals surface area contributed by atoms with Gasteiger partial charge in [-0.2, -0.15) is 8.42 Å². The minimum absolute atomic E-state index is 0.0339. The Morgan fingerprint density at radius 1 is 1.11 bits per heavy atom. The number of hydrogen-bond donors (Lipinski definition) is 0. The Labute approximate surface area is 110 Å². The average Bonchev–Trinajstić information content (AvgIpc) is 2.25. The zero-order valence-corrected chi connectivity index (χ0v) is 12.4. The van der Waals surface area contributed by atoms with E-state index >= 15 is 0 Å². The molecule has 0 amide bonds. The highest BCUT2D eigenvalue weighted by Gasteiger charge is 2.17. The van der Waals surface area contributed by atoms with Gasteiger partial charge in [0, 0.05) is 0 Å². The molecule has 18 heavy (non-hydrogen) atoms. The normalized spacial score (nSPS) is 12.7. The molecule has 0 saturated heterocycles. The van der Waals surface area contributed by atoms with Gasteiger partial charge in [0.25, 0.3) is 10.1 Å². The van der Waals surface area contributed by atoms with E-state index in [-0.39, 0.29) is 17.8 Å². The van der Waals surface area contributed by atoms with Gasteiger partial charge in [-0.3, -0.25) is 4.18 Å². The van der Waals surface area contributed by atoms with Crippen LogP contribution >= 0.6 is 0 Å². The molecule has 0 saturated carbocycles. The third-order valence-electron chi connectivity index (χ3n) is 2.43. The third-order valence-corrected chi connectivity index (χ3v) is 3.61. The Bertz CT molecular complexity index is 467. The minimum atomic E-state index is -3.42. The number of hydrogen-bond acceptors (Lipinski definition) is 3. The summed E-state index contributed by atoms with van der Waals surface area (Å²) < 4.78 is 28.4. The van der Waals surface area contributed by atoms with Crippen LogP contribution in [-0.4, -0.2) is 20.8 Å². The molecule has 0 heterocycles. The highest BCUT2D eigenvalue weighted by molar-refractivity contribution is 7.86. The fraction of sp³-hybridized carbons (Fsp3) is 0.571. The van der Waals surface area contributed by atoms with Crippen LogP contribution in [0.1, 0.15) is 31.9 Å². The highest BCUT2D eigenvalue weighted by atomic mass is 32.2. The molecule has 0 fully saturated rings. The summed E-state index contributed by atoms with van der Waals surface area (Å²) >= 11 is 0. The quantitative estimate of drug-likeness (QED) is 0.773. The predicted molar refractivity (Wildman–Crippen MR) is 74.1 cm³/mol. The summed E-state index contributed by atoms with van der Waals surface area (Å²) in [6.45, 7) is 8.07. The van der Waals surface area contributed by atoms with Gasteiger partial charge in [-0.25, -0.2) is 0 Å². The Morgan fingerprint density at radius 2 is 1.67 bits per heavy atom. The summed E-state index contributed by atoms with van der Waals surface area (Å²) in [5, 5.41) is 0. The van der Waals surface area contributed by atoms with Crippen molar-refractivity contribution in [2.45, 2.75) is 34.1 Å². The van der Waals surface area contributed by atoms with Crippen LogP contribution in [0, 0.1) is 12.3 Å². The van der Waals surface area contributed by atoms with Gasteiger partial charge < -0.3 is 0 Å². The van der Waals surface area contributed by atoms with Crippen molar-refractivity contribution in [2.24, 2.45) is 5.41 Å². The molecular formula is C14H22O3S. The summed E-state index contributed by atoms with van der Waals surface area (Å²) in [4.78, 5) is 0. The van der Waals surface area contributed by atoms with Crippen LogP contribution < -0.4 is 0 Å². The molecule has 3 nitrogen and oxygen atoms in total. The van der Waals surface area contributed by atoms with E-state index in [0.717, 1.165) is 5.56 Å². The van der Waals surface area contributed by atoms with E-state index in [2.05, 4.69) is 0 Å². The first kappa shape index (κ1) is 15.2. The Balaban J connectivity index is 2.49. The Morgan fingerprint density at radius 3 is 2.17 bits per heavy atom. The van der Waals surface area contributed by atoms with Gasteiger partial charge in [-0.1, -0.05) is 50.6 Å². The van der Waals surface area contributed by atoms with Crippen molar-refractivity contribution in [2.75, 3.05) is 12.4 Å². The molecule has 0 radical (unpaired) electrons. The van der Waals surface area contributed by atoms with Crippen molar-refractivity contribution in [3.05, 3.63) is 35.4 Å². The number of rotatable bonds is 5. The molecule has 1 rings (SSSR count). The van der Waals surface area contributed by atoms with E-state index < -0.39 is 10.1 Å². The van der Waals surface area contributed by atoms with Crippen molar-refractivity contribution in [3.63, 3.8) is 0 Å². The van der Waals surface area contributed by atoms with Gasteiger partial charge in [-0.05, 0) is 24.3 Å². The first-order valence-corrected chi connectivity index (χ1v) is 7.68. The minimum Gasteiger partial charge on any atom is -0.270 e. The van der Waals surface area contributed by atoms with Crippen LogP contribution in [0.25, 0.3) is 0 Å². The van der Waals surface area contributed by atoms with Crippen LogP contribution in [0.2, 0.25) is 0 Å². The molecular weight excluding hydrogens is 248 g/mol. The summed E-state index contributed by atoms with van der Waals surface area (Å²) in [7, 11) is -3.42. The lowest BCUT2D eigenvalue weighted by Gasteiger charge is -2.17. The molecule has 4 heteroatoms. The summed E-state index contributed by atoms with van der Waals surface area (Å²) in [5.74, 6) is 0.0339. The lowest BCUT2D eigenvalue weighted by molar-refractivity contribution is 0.203. The smallest absolute Gasteiger partial charge is 0.267 e. The lowest BCUT2D eigenvalue weighted by Crippen LogP contribution is -2.21. The molecule has 0 spiro atoms. The lowest BCUT2D eigenvalue weighted by atomic mass is 9.99. The van der Waals surface area contributed by atoms with Gasteiger partial charge in [-0.15, -0.1) is 0 Å². The van der Waals surface area contributed by atoms with Crippen LogP contribution in [0.15, 0.2) is 24.3 Å². The van der Waals surface area contributed by atoms with Crippen molar-refractivity contribution >= 4 is 10.1 Å². The highest BCUT2D eigenvalue weighted by Crippen LogP contribution is 2.15. The maximum absolute atomic E-state index is 11.7. The first-order chi connectivity index (χ1) is 8.18. The fourth-order valence-corrected chi connectivity index (χ4v) is 2.46. The standard InChI is InChI=1S/C14H22O3S/c1-12-5-7-13(8-6-12)9-10-18(15,16)17-11-14(2,3)4/h5-8H,9-11H2,1-4H3. The van der Waals surface area contributed by atoms with Gasteiger partial charge >= 0.3 is 0 Å². The average molecular weight is 270 g/mol. The summed E-state index contributed by atoms with van der Waals surface area (Å²) in [6.07, 6.45) is 0.493. The van der Waals surface area contributed by atoms with Crippen molar-refractivity contribution < 1.29 is 12.6 Å². The predicted octanol–water partition coefficient (Wildman–Crippen LogP) is 2.93. The molecule has 102 valence electrons. The Hall–Kier alpha value is -0.870. The molecule has 0 aliphatic carbocycles. The zero-order valence-electron chi connectivity index (χ0n) is 11.6. The third kappa shape index (κ3) is 6.17.